The van der Waals surface area contributed by atoms with Gasteiger partial charge >= 0.3 is 5.97 Å². The number of carbonyl (C=O) groups excluding carboxylic acids is 1. The first-order valence-electron chi connectivity index (χ1n) is 6.67. The van der Waals surface area contributed by atoms with Gasteiger partial charge in [0.15, 0.2) is 0 Å². The fourth-order valence-corrected chi connectivity index (χ4v) is 3.25. The molecule has 0 saturated carbocycles. The van der Waals surface area contributed by atoms with E-state index in [1.54, 1.807) is 6.07 Å². The standard InChI is InChI=1S/C15H16FNO3S/c1-9-11-6-5-10(16)8-12(11)21-14(9)15(20)17-7-3-2-4-13(18)19/h5-6,8H,2-4,7H2,1H3,(H,17,20)(H,18,19). The van der Waals surface area contributed by atoms with Crippen molar-refractivity contribution in [2.24, 2.45) is 0 Å². The topological polar surface area (TPSA) is 66.4 Å². The number of carboxylic acid groups (broad SMARTS) is 1. The van der Waals surface area contributed by atoms with Crippen molar-refractivity contribution < 1.29 is 19.1 Å². The van der Waals surface area contributed by atoms with Gasteiger partial charge in [-0.3, -0.25) is 9.59 Å². The molecule has 112 valence electrons. The molecule has 21 heavy (non-hydrogen) atoms. The van der Waals surface area contributed by atoms with E-state index in [2.05, 4.69) is 5.32 Å². The predicted molar refractivity (Wildman–Crippen MR) is 80.3 cm³/mol. The Bertz CT molecular complexity index is 681. The zero-order valence-corrected chi connectivity index (χ0v) is 12.4. The number of aliphatic carboxylic acids is 1. The first kappa shape index (κ1) is 15.4. The largest absolute Gasteiger partial charge is 0.481 e. The highest BCUT2D eigenvalue weighted by atomic mass is 32.1. The molecule has 0 radical (unpaired) electrons. The number of rotatable bonds is 6. The van der Waals surface area contributed by atoms with Gasteiger partial charge < -0.3 is 10.4 Å². The molecule has 0 spiro atoms. The average molecular weight is 309 g/mol. The number of halogens is 1. The molecule has 0 aliphatic heterocycles. The molecule has 1 aromatic carbocycles. The molecule has 0 aliphatic rings. The van der Waals surface area contributed by atoms with E-state index in [-0.39, 0.29) is 18.1 Å². The summed E-state index contributed by atoms with van der Waals surface area (Å²) in [4.78, 5) is 23.1. The van der Waals surface area contributed by atoms with Crippen LogP contribution in [0.3, 0.4) is 0 Å². The Morgan fingerprint density at radius 2 is 2.10 bits per heavy atom. The summed E-state index contributed by atoms with van der Waals surface area (Å²) in [5, 5.41) is 12.2. The minimum Gasteiger partial charge on any atom is -0.481 e. The highest BCUT2D eigenvalue weighted by molar-refractivity contribution is 7.21. The van der Waals surface area contributed by atoms with E-state index in [1.165, 1.54) is 23.5 Å². The van der Waals surface area contributed by atoms with Gasteiger partial charge in [-0.25, -0.2) is 4.39 Å². The fraction of sp³-hybridized carbons (Fsp3) is 0.333. The van der Waals surface area contributed by atoms with E-state index >= 15 is 0 Å². The van der Waals surface area contributed by atoms with Crippen molar-refractivity contribution in [1.82, 2.24) is 5.32 Å². The van der Waals surface area contributed by atoms with Gasteiger partial charge in [-0.2, -0.15) is 0 Å². The smallest absolute Gasteiger partial charge is 0.303 e. The fourth-order valence-electron chi connectivity index (χ4n) is 2.10. The van der Waals surface area contributed by atoms with Crippen LogP contribution in [0, 0.1) is 12.7 Å². The minimum absolute atomic E-state index is 0.108. The third kappa shape index (κ3) is 3.78. The Balaban J connectivity index is 1.99. The molecule has 0 fully saturated rings. The second kappa shape index (κ2) is 6.67. The van der Waals surface area contributed by atoms with Gasteiger partial charge in [-0.1, -0.05) is 6.07 Å². The van der Waals surface area contributed by atoms with Gasteiger partial charge in [0.05, 0.1) is 4.88 Å². The van der Waals surface area contributed by atoms with Crippen molar-refractivity contribution in [3.8, 4) is 0 Å². The molecule has 6 heteroatoms. The van der Waals surface area contributed by atoms with Crippen LogP contribution in [0.4, 0.5) is 4.39 Å². The lowest BCUT2D eigenvalue weighted by atomic mass is 10.1. The van der Waals surface area contributed by atoms with Gasteiger partial charge in [0, 0.05) is 17.7 Å². The molecule has 2 aromatic rings. The molecule has 0 unspecified atom stereocenters. The molecule has 0 saturated heterocycles. The third-order valence-corrected chi connectivity index (χ3v) is 4.46. The number of carbonyl (C=O) groups is 2. The van der Waals surface area contributed by atoms with Crippen molar-refractivity contribution in [1.29, 1.82) is 0 Å². The van der Waals surface area contributed by atoms with Crippen molar-refractivity contribution in [2.75, 3.05) is 6.54 Å². The van der Waals surface area contributed by atoms with Crippen molar-refractivity contribution in [3.05, 3.63) is 34.5 Å². The van der Waals surface area contributed by atoms with E-state index in [1.807, 2.05) is 6.92 Å². The summed E-state index contributed by atoms with van der Waals surface area (Å²) in [5.74, 6) is -1.34. The Kier molecular flexibility index (Phi) is 4.90. The number of amides is 1. The lowest BCUT2D eigenvalue weighted by Gasteiger charge is -2.03. The van der Waals surface area contributed by atoms with Crippen LogP contribution >= 0.6 is 11.3 Å². The molecular weight excluding hydrogens is 293 g/mol. The number of nitrogens with one attached hydrogen (secondary N) is 1. The number of aryl methyl sites for hydroxylation is 1. The predicted octanol–water partition coefficient (Wildman–Crippen LogP) is 3.33. The normalized spacial score (nSPS) is 10.8. The number of carboxylic acids is 1. The number of thiophene rings is 1. The van der Waals surface area contributed by atoms with Gasteiger partial charge in [0.2, 0.25) is 0 Å². The van der Waals surface area contributed by atoms with Gasteiger partial charge in [0.25, 0.3) is 5.91 Å². The maximum atomic E-state index is 13.2. The molecule has 0 atom stereocenters. The number of hydrogen-bond donors (Lipinski definition) is 2. The molecule has 0 aliphatic carbocycles. The molecule has 2 rings (SSSR count). The van der Waals surface area contributed by atoms with Crippen LogP contribution in [0.15, 0.2) is 18.2 Å². The highest BCUT2D eigenvalue weighted by Gasteiger charge is 2.15. The third-order valence-electron chi connectivity index (χ3n) is 3.21. The molecule has 2 N–H and O–H groups in total. The first-order chi connectivity index (χ1) is 9.99. The van der Waals surface area contributed by atoms with Gasteiger partial charge in [0.1, 0.15) is 5.82 Å². The zero-order valence-electron chi connectivity index (χ0n) is 11.6. The van der Waals surface area contributed by atoms with Crippen LogP contribution in [-0.4, -0.2) is 23.5 Å². The minimum atomic E-state index is -0.830. The van der Waals surface area contributed by atoms with Gasteiger partial charge in [-0.15, -0.1) is 11.3 Å². The molecule has 1 aromatic heterocycles. The highest BCUT2D eigenvalue weighted by Crippen LogP contribution is 2.31. The number of unbranched alkanes of at least 4 members (excludes halogenated alkanes) is 1. The number of fused-ring (bicyclic) bond motifs is 1. The van der Waals surface area contributed by atoms with Crippen LogP contribution in [0.25, 0.3) is 10.1 Å². The van der Waals surface area contributed by atoms with Crippen molar-refractivity contribution >= 4 is 33.3 Å². The van der Waals surface area contributed by atoms with Crippen molar-refractivity contribution in [2.45, 2.75) is 26.2 Å². The Morgan fingerprint density at radius 3 is 2.81 bits per heavy atom. The van der Waals surface area contributed by atoms with Crippen LogP contribution in [-0.2, 0) is 4.79 Å². The first-order valence-corrected chi connectivity index (χ1v) is 7.49. The van der Waals surface area contributed by atoms with Crippen LogP contribution in [0.1, 0.15) is 34.5 Å². The average Bonchev–Trinajstić information content (AvgIpc) is 2.74. The second-order valence-electron chi connectivity index (χ2n) is 4.80. The monoisotopic (exact) mass is 309 g/mol. The summed E-state index contributed by atoms with van der Waals surface area (Å²) >= 11 is 1.27. The SMILES string of the molecule is Cc1c(C(=O)NCCCCC(=O)O)sc2cc(F)ccc12. The molecule has 4 nitrogen and oxygen atoms in total. The maximum absolute atomic E-state index is 13.2. The number of benzene rings is 1. The van der Waals surface area contributed by atoms with E-state index in [0.717, 1.165) is 15.6 Å². The zero-order chi connectivity index (χ0) is 15.4. The van der Waals surface area contributed by atoms with Gasteiger partial charge in [-0.05, 0) is 42.8 Å². The van der Waals surface area contributed by atoms with E-state index in [9.17, 15) is 14.0 Å². The van der Waals surface area contributed by atoms with Crippen LogP contribution in [0.5, 0.6) is 0 Å². The van der Waals surface area contributed by atoms with E-state index in [4.69, 9.17) is 5.11 Å². The Hall–Kier alpha value is -1.95. The molecule has 0 bridgehead atoms. The molecule has 1 amide bonds. The summed E-state index contributed by atoms with van der Waals surface area (Å²) < 4.78 is 13.9. The van der Waals surface area contributed by atoms with Crippen LogP contribution < -0.4 is 5.32 Å². The summed E-state index contributed by atoms with van der Waals surface area (Å²) in [6, 6.07) is 4.49. The van der Waals surface area contributed by atoms with Crippen molar-refractivity contribution in [3.63, 3.8) is 0 Å². The second-order valence-corrected chi connectivity index (χ2v) is 5.86. The summed E-state index contributed by atoms with van der Waals surface area (Å²) in [7, 11) is 0. The summed E-state index contributed by atoms with van der Waals surface area (Å²) in [5.41, 5.74) is 0.845. The van der Waals surface area contributed by atoms with Crippen LogP contribution in [0.2, 0.25) is 0 Å². The molecular formula is C15H16FNO3S. The van der Waals surface area contributed by atoms with E-state index in [0.29, 0.717) is 24.3 Å². The summed E-state index contributed by atoms with van der Waals surface area (Å²) in [6.45, 7) is 2.28. The lowest BCUT2D eigenvalue weighted by molar-refractivity contribution is -0.137. The lowest BCUT2D eigenvalue weighted by Crippen LogP contribution is -2.24. The Morgan fingerprint density at radius 1 is 1.33 bits per heavy atom. The Labute approximate surface area is 125 Å². The number of hydrogen-bond acceptors (Lipinski definition) is 3. The summed E-state index contributed by atoms with van der Waals surface area (Å²) in [6.07, 6.45) is 1.26. The molecule has 1 heterocycles. The van der Waals surface area contributed by atoms with E-state index < -0.39 is 5.97 Å². The quantitative estimate of drug-likeness (QED) is 0.804. The maximum Gasteiger partial charge on any atom is 0.303 e.